The zero-order valence-electron chi connectivity index (χ0n) is 11.1. The smallest absolute Gasteiger partial charge is 0.257 e. The van der Waals surface area contributed by atoms with Gasteiger partial charge in [0.25, 0.3) is 11.8 Å². The second-order valence-corrected chi connectivity index (χ2v) is 7.13. The number of aryl methyl sites for hydroxylation is 1. The van der Waals surface area contributed by atoms with Gasteiger partial charge in [0.1, 0.15) is 5.00 Å². The van der Waals surface area contributed by atoms with E-state index >= 15 is 0 Å². The molecule has 2 amide bonds. The van der Waals surface area contributed by atoms with Crippen LogP contribution >= 0.6 is 33.9 Å². The molecule has 21 heavy (non-hydrogen) atoms. The van der Waals surface area contributed by atoms with Crippen molar-refractivity contribution >= 4 is 50.7 Å². The van der Waals surface area contributed by atoms with E-state index in [1.807, 2.05) is 18.2 Å². The summed E-state index contributed by atoms with van der Waals surface area (Å²) in [6.45, 7) is 0. The highest BCUT2D eigenvalue weighted by Crippen LogP contribution is 2.39. The van der Waals surface area contributed by atoms with Gasteiger partial charge in [-0.2, -0.15) is 0 Å². The standard InChI is InChI=1S/C15H13IN2O2S/c16-10-6-2-1-4-8(10)14(20)18-15-12(13(17)19)9-5-3-7-11(9)21-15/h1-2,4,6H,3,5,7H2,(H2,17,19)(H,18,20). The number of nitrogens with two attached hydrogens (primary N) is 1. The first-order valence-corrected chi connectivity index (χ1v) is 8.47. The van der Waals surface area contributed by atoms with Gasteiger partial charge in [-0.3, -0.25) is 9.59 Å². The van der Waals surface area contributed by atoms with Gasteiger partial charge in [-0.05, 0) is 59.5 Å². The van der Waals surface area contributed by atoms with Crippen LogP contribution in [0.15, 0.2) is 24.3 Å². The molecular formula is C15H13IN2O2S. The van der Waals surface area contributed by atoms with Crippen LogP contribution in [-0.4, -0.2) is 11.8 Å². The molecule has 1 aromatic heterocycles. The molecule has 3 N–H and O–H groups in total. The van der Waals surface area contributed by atoms with E-state index in [0.29, 0.717) is 16.1 Å². The zero-order chi connectivity index (χ0) is 15.0. The Balaban J connectivity index is 1.94. The zero-order valence-corrected chi connectivity index (χ0v) is 14.1. The first kappa shape index (κ1) is 14.5. The molecule has 0 saturated heterocycles. The highest BCUT2D eigenvalue weighted by Gasteiger charge is 2.26. The van der Waals surface area contributed by atoms with Crippen molar-refractivity contribution in [1.29, 1.82) is 0 Å². The van der Waals surface area contributed by atoms with Crippen LogP contribution in [-0.2, 0) is 12.8 Å². The minimum atomic E-state index is -0.465. The molecule has 2 aromatic rings. The summed E-state index contributed by atoms with van der Waals surface area (Å²) in [5.74, 6) is -0.671. The summed E-state index contributed by atoms with van der Waals surface area (Å²) in [6.07, 6.45) is 2.87. The molecule has 0 fully saturated rings. The maximum atomic E-state index is 12.4. The number of primary amides is 1. The summed E-state index contributed by atoms with van der Waals surface area (Å²) < 4.78 is 0.873. The van der Waals surface area contributed by atoms with Gasteiger partial charge in [-0.15, -0.1) is 11.3 Å². The van der Waals surface area contributed by atoms with Crippen LogP contribution in [0.25, 0.3) is 0 Å². The fourth-order valence-corrected chi connectivity index (χ4v) is 4.49. The van der Waals surface area contributed by atoms with Crippen molar-refractivity contribution < 1.29 is 9.59 Å². The van der Waals surface area contributed by atoms with Crippen molar-refractivity contribution in [2.75, 3.05) is 5.32 Å². The monoisotopic (exact) mass is 412 g/mol. The van der Waals surface area contributed by atoms with Crippen LogP contribution in [0.4, 0.5) is 5.00 Å². The number of carbonyl (C=O) groups is 2. The topological polar surface area (TPSA) is 72.2 Å². The molecule has 0 saturated carbocycles. The molecule has 1 heterocycles. The maximum absolute atomic E-state index is 12.4. The maximum Gasteiger partial charge on any atom is 0.257 e. The van der Waals surface area contributed by atoms with E-state index in [9.17, 15) is 9.59 Å². The highest BCUT2D eigenvalue weighted by molar-refractivity contribution is 14.1. The molecule has 6 heteroatoms. The van der Waals surface area contributed by atoms with E-state index in [2.05, 4.69) is 27.9 Å². The number of fused-ring (bicyclic) bond motifs is 1. The lowest BCUT2D eigenvalue weighted by molar-refractivity contribution is 0.100. The Bertz CT molecular complexity index is 739. The molecule has 1 aliphatic carbocycles. The Morgan fingerprint density at radius 2 is 2.00 bits per heavy atom. The predicted octanol–water partition coefficient (Wildman–Crippen LogP) is 3.19. The number of amides is 2. The van der Waals surface area contributed by atoms with Gasteiger partial charge in [0, 0.05) is 8.45 Å². The lowest BCUT2D eigenvalue weighted by Crippen LogP contribution is -2.18. The predicted molar refractivity (Wildman–Crippen MR) is 92.0 cm³/mol. The quantitative estimate of drug-likeness (QED) is 0.761. The lowest BCUT2D eigenvalue weighted by Gasteiger charge is -2.07. The van der Waals surface area contributed by atoms with Crippen molar-refractivity contribution in [3.05, 3.63) is 49.4 Å². The summed E-state index contributed by atoms with van der Waals surface area (Å²) >= 11 is 3.59. The summed E-state index contributed by atoms with van der Waals surface area (Å²) in [6, 6.07) is 7.34. The third-order valence-corrected chi connectivity index (χ3v) is 5.66. The normalized spacial score (nSPS) is 13.0. The van der Waals surface area contributed by atoms with Gasteiger partial charge in [0.15, 0.2) is 0 Å². The van der Waals surface area contributed by atoms with E-state index in [-0.39, 0.29) is 5.91 Å². The van der Waals surface area contributed by atoms with Crippen molar-refractivity contribution in [2.24, 2.45) is 5.73 Å². The average molecular weight is 412 g/mol. The fourth-order valence-electron chi connectivity index (χ4n) is 2.57. The summed E-state index contributed by atoms with van der Waals surface area (Å²) in [5.41, 5.74) is 7.60. The molecular weight excluding hydrogens is 399 g/mol. The van der Waals surface area contributed by atoms with Gasteiger partial charge in [0.2, 0.25) is 0 Å². The van der Waals surface area contributed by atoms with E-state index in [4.69, 9.17) is 5.73 Å². The average Bonchev–Trinajstić information content (AvgIpc) is 2.98. The second kappa shape index (κ2) is 5.76. The largest absolute Gasteiger partial charge is 0.365 e. The highest BCUT2D eigenvalue weighted by atomic mass is 127. The number of anilines is 1. The Hall–Kier alpha value is -1.41. The Morgan fingerprint density at radius 1 is 1.24 bits per heavy atom. The minimum Gasteiger partial charge on any atom is -0.365 e. The number of carbonyl (C=O) groups excluding carboxylic acids is 2. The van der Waals surface area contributed by atoms with Crippen molar-refractivity contribution in [3.8, 4) is 0 Å². The summed E-state index contributed by atoms with van der Waals surface area (Å²) in [5, 5.41) is 3.43. The number of thiophene rings is 1. The molecule has 3 rings (SSSR count). The van der Waals surface area contributed by atoms with Crippen LogP contribution in [0.1, 0.15) is 37.6 Å². The Morgan fingerprint density at radius 3 is 2.71 bits per heavy atom. The van der Waals surface area contributed by atoms with Crippen LogP contribution in [0.2, 0.25) is 0 Å². The lowest BCUT2D eigenvalue weighted by atomic mass is 10.1. The Labute approximate surface area is 139 Å². The van der Waals surface area contributed by atoms with Crippen LogP contribution in [0.3, 0.4) is 0 Å². The molecule has 108 valence electrons. The van der Waals surface area contributed by atoms with Crippen LogP contribution in [0, 0.1) is 3.57 Å². The molecule has 0 unspecified atom stereocenters. The van der Waals surface area contributed by atoms with Gasteiger partial charge < -0.3 is 11.1 Å². The molecule has 0 bridgehead atoms. The molecule has 1 aromatic carbocycles. The van der Waals surface area contributed by atoms with Crippen molar-refractivity contribution in [1.82, 2.24) is 0 Å². The van der Waals surface area contributed by atoms with Gasteiger partial charge >= 0.3 is 0 Å². The van der Waals surface area contributed by atoms with E-state index in [1.54, 1.807) is 6.07 Å². The first-order chi connectivity index (χ1) is 10.1. The van der Waals surface area contributed by atoms with E-state index in [0.717, 1.165) is 28.4 Å². The molecule has 0 radical (unpaired) electrons. The van der Waals surface area contributed by atoms with Gasteiger partial charge in [-0.1, -0.05) is 12.1 Å². The minimum absolute atomic E-state index is 0.206. The number of benzene rings is 1. The van der Waals surface area contributed by atoms with Crippen LogP contribution < -0.4 is 11.1 Å². The van der Waals surface area contributed by atoms with Crippen molar-refractivity contribution in [2.45, 2.75) is 19.3 Å². The number of halogens is 1. The molecule has 0 spiro atoms. The third-order valence-electron chi connectivity index (χ3n) is 3.51. The second-order valence-electron chi connectivity index (χ2n) is 4.86. The van der Waals surface area contributed by atoms with Crippen LogP contribution in [0.5, 0.6) is 0 Å². The number of nitrogens with one attached hydrogen (secondary N) is 1. The fraction of sp³-hybridized carbons (Fsp3) is 0.200. The van der Waals surface area contributed by atoms with Gasteiger partial charge in [0.05, 0.1) is 11.1 Å². The van der Waals surface area contributed by atoms with Crippen molar-refractivity contribution in [3.63, 3.8) is 0 Å². The summed E-state index contributed by atoms with van der Waals surface area (Å²) in [7, 11) is 0. The number of hydrogen-bond donors (Lipinski definition) is 2. The summed E-state index contributed by atoms with van der Waals surface area (Å²) in [4.78, 5) is 25.2. The van der Waals surface area contributed by atoms with Gasteiger partial charge in [-0.25, -0.2) is 0 Å². The Kier molecular flexibility index (Phi) is 3.99. The number of rotatable bonds is 3. The SMILES string of the molecule is NC(=O)c1c(NC(=O)c2ccccc2I)sc2c1CCC2. The molecule has 4 nitrogen and oxygen atoms in total. The molecule has 0 atom stereocenters. The third kappa shape index (κ3) is 2.69. The van der Waals surface area contributed by atoms with E-state index < -0.39 is 5.91 Å². The first-order valence-electron chi connectivity index (χ1n) is 6.58. The molecule has 0 aliphatic heterocycles. The molecule has 1 aliphatic rings. The number of hydrogen-bond acceptors (Lipinski definition) is 3. The van der Waals surface area contributed by atoms with E-state index in [1.165, 1.54) is 16.2 Å².